The standard InChI is InChI=1S/C35H56O4/c1-24(2)34(5,6)30-21-26(15-11-9-13-17-36)19-28(32(30)38)23-29-20-27(16-12-10-14-18-37)22-31(33(29)39)35(7,8)25(3)4/h19-22,24-25,36-39H,9-18,23H2,1-8H3. The molecule has 2 rings (SSSR count). The summed E-state index contributed by atoms with van der Waals surface area (Å²) >= 11 is 0. The molecule has 0 aromatic heterocycles. The molecule has 0 spiro atoms. The van der Waals surface area contributed by atoms with E-state index in [1.807, 2.05) is 0 Å². The van der Waals surface area contributed by atoms with E-state index in [1.165, 1.54) is 11.1 Å². The molecule has 0 aliphatic heterocycles. The molecule has 39 heavy (non-hydrogen) atoms. The van der Waals surface area contributed by atoms with Gasteiger partial charge < -0.3 is 20.4 Å². The predicted molar refractivity (Wildman–Crippen MR) is 164 cm³/mol. The first kappa shape index (κ1) is 33.2. The van der Waals surface area contributed by atoms with Crippen LogP contribution in [0, 0.1) is 11.8 Å². The monoisotopic (exact) mass is 540 g/mol. The van der Waals surface area contributed by atoms with Gasteiger partial charge >= 0.3 is 0 Å². The Morgan fingerprint density at radius 2 is 0.923 bits per heavy atom. The van der Waals surface area contributed by atoms with Crippen LogP contribution in [-0.2, 0) is 30.1 Å². The minimum absolute atomic E-state index is 0.207. The van der Waals surface area contributed by atoms with Crippen LogP contribution in [0.4, 0.5) is 0 Å². The molecule has 0 amide bonds. The van der Waals surface area contributed by atoms with Crippen molar-refractivity contribution in [1.29, 1.82) is 0 Å². The number of unbranched alkanes of at least 4 members (excludes halogenated alkanes) is 4. The Balaban J connectivity index is 2.62. The lowest BCUT2D eigenvalue weighted by Gasteiger charge is -2.33. The number of aromatic hydroxyl groups is 2. The lowest BCUT2D eigenvalue weighted by molar-refractivity contribution is 0.283. The second kappa shape index (κ2) is 14.6. The number of rotatable bonds is 16. The van der Waals surface area contributed by atoms with Crippen molar-refractivity contribution in [3.63, 3.8) is 0 Å². The van der Waals surface area contributed by atoms with E-state index in [-0.39, 0.29) is 24.0 Å². The summed E-state index contributed by atoms with van der Waals surface area (Å²) in [4.78, 5) is 0. The molecular formula is C35H56O4. The highest BCUT2D eigenvalue weighted by Crippen LogP contribution is 2.43. The van der Waals surface area contributed by atoms with Crippen LogP contribution in [0.2, 0.25) is 0 Å². The van der Waals surface area contributed by atoms with Crippen molar-refractivity contribution in [3.8, 4) is 11.5 Å². The van der Waals surface area contributed by atoms with Gasteiger partial charge in [0, 0.05) is 30.8 Å². The second-order valence-corrected chi connectivity index (χ2v) is 13.3. The van der Waals surface area contributed by atoms with Crippen LogP contribution in [0.1, 0.15) is 127 Å². The van der Waals surface area contributed by atoms with Gasteiger partial charge in [-0.05, 0) is 83.4 Å². The van der Waals surface area contributed by atoms with Gasteiger partial charge in [0.1, 0.15) is 11.5 Å². The van der Waals surface area contributed by atoms with Crippen molar-refractivity contribution in [2.45, 2.75) is 124 Å². The molecule has 2 aromatic carbocycles. The third-order valence-electron chi connectivity index (χ3n) is 9.40. The molecule has 0 bridgehead atoms. The van der Waals surface area contributed by atoms with E-state index in [0.29, 0.717) is 29.8 Å². The van der Waals surface area contributed by atoms with Crippen molar-refractivity contribution >= 4 is 0 Å². The third-order valence-corrected chi connectivity index (χ3v) is 9.40. The van der Waals surface area contributed by atoms with E-state index in [9.17, 15) is 20.4 Å². The summed E-state index contributed by atoms with van der Waals surface area (Å²) < 4.78 is 0. The van der Waals surface area contributed by atoms with Gasteiger partial charge in [-0.3, -0.25) is 0 Å². The quantitative estimate of drug-likeness (QED) is 0.163. The highest BCUT2D eigenvalue weighted by atomic mass is 16.3. The number of phenolic OH excluding ortho intramolecular Hbond substituents is 2. The summed E-state index contributed by atoms with van der Waals surface area (Å²) in [6, 6.07) is 8.58. The lowest BCUT2D eigenvalue weighted by Crippen LogP contribution is -2.25. The Hall–Kier alpha value is -2.04. The van der Waals surface area contributed by atoms with E-state index in [0.717, 1.165) is 73.6 Å². The van der Waals surface area contributed by atoms with Crippen molar-refractivity contribution in [3.05, 3.63) is 57.6 Å². The number of phenols is 2. The van der Waals surface area contributed by atoms with E-state index in [4.69, 9.17) is 0 Å². The maximum absolute atomic E-state index is 11.6. The fraction of sp³-hybridized carbons (Fsp3) is 0.657. The minimum atomic E-state index is -0.207. The molecule has 2 aromatic rings. The first-order valence-electron chi connectivity index (χ1n) is 15.2. The summed E-state index contributed by atoms with van der Waals surface area (Å²) in [5, 5.41) is 41.6. The van der Waals surface area contributed by atoms with Gasteiger partial charge in [0.05, 0.1) is 0 Å². The van der Waals surface area contributed by atoms with Crippen LogP contribution < -0.4 is 0 Å². The smallest absolute Gasteiger partial charge is 0.122 e. The van der Waals surface area contributed by atoms with Gasteiger partial charge in [0.25, 0.3) is 0 Å². The molecule has 0 unspecified atom stereocenters. The van der Waals surface area contributed by atoms with E-state index >= 15 is 0 Å². The van der Waals surface area contributed by atoms with Crippen LogP contribution in [0.3, 0.4) is 0 Å². The zero-order valence-corrected chi connectivity index (χ0v) is 26.0. The zero-order valence-electron chi connectivity index (χ0n) is 26.0. The van der Waals surface area contributed by atoms with Crippen LogP contribution in [-0.4, -0.2) is 33.6 Å². The molecule has 220 valence electrons. The molecule has 0 atom stereocenters. The molecule has 0 aliphatic carbocycles. The van der Waals surface area contributed by atoms with Crippen LogP contribution >= 0.6 is 0 Å². The molecule has 4 nitrogen and oxygen atoms in total. The van der Waals surface area contributed by atoms with Crippen molar-refractivity contribution < 1.29 is 20.4 Å². The Bertz CT molecular complexity index is 966. The normalized spacial score (nSPS) is 12.6. The lowest BCUT2D eigenvalue weighted by atomic mass is 9.72. The predicted octanol–water partition coefficient (Wildman–Crippen LogP) is 7.97. The topological polar surface area (TPSA) is 80.9 Å². The summed E-state index contributed by atoms with van der Waals surface area (Å²) in [5.41, 5.74) is 5.64. The number of hydrogen-bond acceptors (Lipinski definition) is 4. The molecular weight excluding hydrogens is 484 g/mol. The Labute approximate surface area is 238 Å². The van der Waals surface area contributed by atoms with Crippen LogP contribution in [0.15, 0.2) is 24.3 Å². The number of hydrogen-bond donors (Lipinski definition) is 4. The van der Waals surface area contributed by atoms with Gasteiger partial charge in [-0.25, -0.2) is 0 Å². The summed E-state index contributed by atoms with van der Waals surface area (Å²) in [5.74, 6) is 1.36. The van der Waals surface area contributed by atoms with E-state index < -0.39 is 0 Å². The number of aliphatic hydroxyl groups is 2. The minimum Gasteiger partial charge on any atom is -0.507 e. The van der Waals surface area contributed by atoms with Gasteiger partial charge in [-0.15, -0.1) is 0 Å². The SMILES string of the molecule is CC(C)C(C)(C)c1cc(CCCCCO)cc(Cc2cc(CCCCCO)cc(C(C)(C)C(C)C)c2O)c1O. The number of aryl methyl sites for hydroxylation is 2. The van der Waals surface area contributed by atoms with E-state index in [2.05, 4.69) is 79.7 Å². The molecule has 0 fully saturated rings. The van der Waals surface area contributed by atoms with Gasteiger partial charge in [-0.1, -0.05) is 92.5 Å². The van der Waals surface area contributed by atoms with Crippen LogP contribution in [0.25, 0.3) is 0 Å². The van der Waals surface area contributed by atoms with Gasteiger partial charge in [0.2, 0.25) is 0 Å². The Morgan fingerprint density at radius 3 is 1.23 bits per heavy atom. The Morgan fingerprint density at radius 1 is 0.564 bits per heavy atom. The zero-order chi connectivity index (χ0) is 29.4. The molecule has 0 aliphatic rings. The van der Waals surface area contributed by atoms with Gasteiger partial charge in [-0.2, -0.15) is 0 Å². The fourth-order valence-corrected chi connectivity index (χ4v) is 5.12. The number of aliphatic hydroxyl groups excluding tert-OH is 2. The average molecular weight is 541 g/mol. The molecule has 0 saturated carbocycles. The first-order valence-corrected chi connectivity index (χ1v) is 15.2. The molecule has 0 radical (unpaired) electrons. The molecule has 0 saturated heterocycles. The molecule has 4 N–H and O–H groups in total. The van der Waals surface area contributed by atoms with E-state index in [1.54, 1.807) is 0 Å². The van der Waals surface area contributed by atoms with Crippen molar-refractivity contribution in [2.24, 2.45) is 11.8 Å². The largest absolute Gasteiger partial charge is 0.507 e. The fourth-order valence-electron chi connectivity index (χ4n) is 5.12. The Kier molecular flexibility index (Phi) is 12.4. The van der Waals surface area contributed by atoms with Crippen molar-refractivity contribution in [1.82, 2.24) is 0 Å². The highest BCUT2D eigenvalue weighted by Gasteiger charge is 2.31. The number of benzene rings is 2. The molecule has 4 heteroatoms. The van der Waals surface area contributed by atoms with Crippen molar-refractivity contribution in [2.75, 3.05) is 13.2 Å². The second-order valence-electron chi connectivity index (χ2n) is 13.3. The summed E-state index contributed by atoms with van der Waals surface area (Å²) in [6.07, 6.45) is 7.82. The average Bonchev–Trinajstić information content (AvgIpc) is 2.87. The highest BCUT2D eigenvalue weighted by molar-refractivity contribution is 5.54. The van der Waals surface area contributed by atoms with Crippen LogP contribution in [0.5, 0.6) is 11.5 Å². The first-order chi connectivity index (χ1) is 18.3. The maximum atomic E-state index is 11.6. The van der Waals surface area contributed by atoms with Gasteiger partial charge in [0.15, 0.2) is 0 Å². The third kappa shape index (κ3) is 8.47. The maximum Gasteiger partial charge on any atom is 0.122 e. The summed E-state index contributed by atoms with van der Waals surface area (Å²) in [7, 11) is 0. The molecule has 0 heterocycles. The summed E-state index contributed by atoms with van der Waals surface area (Å²) in [6.45, 7) is 18.0.